The van der Waals surface area contributed by atoms with Gasteiger partial charge in [-0.3, -0.25) is 9.59 Å². The van der Waals surface area contributed by atoms with Gasteiger partial charge in [0.05, 0.1) is 5.92 Å². The molecule has 1 N–H and O–H groups in total. The van der Waals surface area contributed by atoms with E-state index in [1.807, 2.05) is 23.1 Å². The molecule has 2 heterocycles. The lowest BCUT2D eigenvalue weighted by Crippen LogP contribution is -2.35. The van der Waals surface area contributed by atoms with Gasteiger partial charge in [-0.25, -0.2) is 0 Å². The number of benzene rings is 1. The van der Waals surface area contributed by atoms with Crippen molar-refractivity contribution < 1.29 is 19.1 Å². The van der Waals surface area contributed by atoms with Gasteiger partial charge in [-0.2, -0.15) is 0 Å². The average Bonchev–Trinajstić information content (AvgIpc) is 3.42. The van der Waals surface area contributed by atoms with Gasteiger partial charge in [0.2, 0.25) is 11.8 Å². The van der Waals surface area contributed by atoms with Crippen molar-refractivity contribution in [2.75, 3.05) is 11.9 Å². The molecule has 2 aliphatic heterocycles. The summed E-state index contributed by atoms with van der Waals surface area (Å²) in [6.07, 6.45) is 8.88. The van der Waals surface area contributed by atoms with Crippen LogP contribution < -0.4 is 14.8 Å². The largest absolute Gasteiger partial charge is 0.448 e. The lowest BCUT2D eigenvalue weighted by atomic mass is 10.1. The predicted octanol–water partition coefficient (Wildman–Crippen LogP) is 3.46. The van der Waals surface area contributed by atoms with Gasteiger partial charge in [0.25, 0.3) is 5.79 Å². The molecule has 6 nitrogen and oxygen atoms in total. The zero-order valence-electron chi connectivity index (χ0n) is 15.5. The van der Waals surface area contributed by atoms with Crippen LogP contribution in [0.1, 0.15) is 57.8 Å². The fourth-order valence-corrected chi connectivity index (χ4v) is 5.01. The highest BCUT2D eigenvalue weighted by molar-refractivity contribution is 5.97. The summed E-state index contributed by atoms with van der Waals surface area (Å²) in [7, 11) is 0. The number of carbonyl (C=O) groups excluding carboxylic acids is 2. The second kappa shape index (κ2) is 6.43. The molecule has 144 valence electrons. The Hall–Kier alpha value is -2.24. The smallest absolute Gasteiger partial charge is 0.251 e. The highest BCUT2D eigenvalue weighted by Gasteiger charge is 2.44. The quantitative estimate of drug-likeness (QED) is 0.885. The molecule has 2 saturated carbocycles. The molecule has 1 aromatic carbocycles. The summed E-state index contributed by atoms with van der Waals surface area (Å²) in [6.45, 7) is 0.545. The minimum absolute atomic E-state index is 0.0849. The molecule has 2 aliphatic carbocycles. The summed E-state index contributed by atoms with van der Waals surface area (Å²) in [5, 5.41) is 2.97. The van der Waals surface area contributed by atoms with E-state index in [0.29, 0.717) is 30.4 Å². The van der Waals surface area contributed by atoms with E-state index in [-0.39, 0.29) is 17.7 Å². The molecule has 5 rings (SSSR count). The minimum atomic E-state index is -0.495. The Morgan fingerprint density at radius 2 is 1.81 bits per heavy atom. The number of nitrogens with one attached hydrogen (secondary N) is 1. The van der Waals surface area contributed by atoms with E-state index in [1.54, 1.807) is 0 Å². The summed E-state index contributed by atoms with van der Waals surface area (Å²) < 4.78 is 12.1. The monoisotopic (exact) mass is 370 g/mol. The average molecular weight is 370 g/mol. The Morgan fingerprint density at radius 3 is 2.59 bits per heavy atom. The number of likely N-dealkylation sites (tertiary alicyclic amines) is 1. The van der Waals surface area contributed by atoms with Crippen molar-refractivity contribution in [1.82, 2.24) is 4.90 Å². The first-order valence-corrected chi connectivity index (χ1v) is 10.2. The number of hydrogen-bond donors (Lipinski definition) is 1. The maximum Gasteiger partial charge on any atom is 0.251 e. The molecule has 1 aromatic rings. The minimum Gasteiger partial charge on any atom is -0.448 e. The second-order valence-corrected chi connectivity index (χ2v) is 8.36. The van der Waals surface area contributed by atoms with Crippen molar-refractivity contribution in [3.05, 3.63) is 18.2 Å². The number of amides is 2. The normalized spacial score (nSPS) is 26.3. The first-order valence-electron chi connectivity index (χ1n) is 10.2. The van der Waals surface area contributed by atoms with Gasteiger partial charge in [0, 0.05) is 43.6 Å². The van der Waals surface area contributed by atoms with Gasteiger partial charge < -0.3 is 19.7 Å². The molecule has 1 atom stereocenters. The Bertz CT molecular complexity index is 765. The van der Waals surface area contributed by atoms with E-state index < -0.39 is 5.79 Å². The van der Waals surface area contributed by atoms with Gasteiger partial charge >= 0.3 is 0 Å². The van der Waals surface area contributed by atoms with Gasteiger partial charge in [-0.05, 0) is 37.8 Å². The van der Waals surface area contributed by atoms with Gasteiger partial charge in [-0.15, -0.1) is 0 Å². The van der Waals surface area contributed by atoms with E-state index >= 15 is 0 Å². The van der Waals surface area contributed by atoms with Crippen LogP contribution in [0.2, 0.25) is 0 Å². The van der Waals surface area contributed by atoms with E-state index in [9.17, 15) is 9.59 Å². The van der Waals surface area contributed by atoms with Crippen molar-refractivity contribution in [1.29, 1.82) is 0 Å². The number of hydrogen-bond acceptors (Lipinski definition) is 4. The van der Waals surface area contributed by atoms with Crippen LogP contribution in [0.5, 0.6) is 11.5 Å². The standard InChI is InChI=1S/C21H26N2O4/c24-19-11-14(13-23(19)16-5-1-2-6-16)20(25)22-15-7-8-17-18(12-15)27-21(26-17)9-3-4-10-21/h7-8,12,14,16H,1-6,9-11,13H2,(H,22,25). The molecule has 1 unspecified atom stereocenters. The van der Waals surface area contributed by atoms with Crippen molar-refractivity contribution in [3.63, 3.8) is 0 Å². The Labute approximate surface area is 159 Å². The maximum atomic E-state index is 12.7. The highest BCUT2D eigenvalue weighted by Crippen LogP contribution is 2.47. The number of nitrogens with zero attached hydrogens (tertiary/aromatic N) is 1. The van der Waals surface area contributed by atoms with E-state index in [0.717, 1.165) is 44.3 Å². The lowest BCUT2D eigenvalue weighted by Gasteiger charge is -2.23. The van der Waals surface area contributed by atoms with E-state index in [2.05, 4.69) is 5.32 Å². The first kappa shape index (κ1) is 16.9. The fraction of sp³-hybridized carbons (Fsp3) is 0.619. The third-order valence-corrected chi connectivity index (χ3v) is 6.46. The van der Waals surface area contributed by atoms with Gasteiger partial charge in [-0.1, -0.05) is 12.8 Å². The lowest BCUT2D eigenvalue weighted by molar-refractivity contribution is -0.129. The van der Waals surface area contributed by atoms with Crippen LogP contribution in [0.25, 0.3) is 0 Å². The molecule has 1 spiro atoms. The zero-order chi connectivity index (χ0) is 18.4. The van der Waals surface area contributed by atoms with Gasteiger partial charge in [0.1, 0.15) is 0 Å². The van der Waals surface area contributed by atoms with Crippen LogP contribution in [0.3, 0.4) is 0 Å². The topological polar surface area (TPSA) is 67.9 Å². The Balaban J connectivity index is 1.24. The molecule has 3 fully saturated rings. The van der Waals surface area contributed by atoms with Crippen molar-refractivity contribution in [3.8, 4) is 11.5 Å². The van der Waals surface area contributed by atoms with Crippen molar-refractivity contribution in [2.24, 2.45) is 5.92 Å². The van der Waals surface area contributed by atoms with Crippen LogP contribution >= 0.6 is 0 Å². The molecule has 27 heavy (non-hydrogen) atoms. The number of carbonyl (C=O) groups is 2. The third kappa shape index (κ3) is 3.05. The predicted molar refractivity (Wildman–Crippen MR) is 99.6 cm³/mol. The highest BCUT2D eigenvalue weighted by atomic mass is 16.7. The van der Waals surface area contributed by atoms with Crippen molar-refractivity contribution in [2.45, 2.75) is 69.6 Å². The van der Waals surface area contributed by atoms with Crippen molar-refractivity contribution >= 4 is 17.5 Å². The number of ether oxygens (including phenoxy) is 2. The van der Waals surface area contributed by atoms with Crippen LogP contribution in [0.4, 0.5) is 5.69 Å². The summed E-state index contributed by atoms with van der Waals surface area (Å²) in [4.78, 5) is 27.0. The number of rotatable bonds is 3. The number of fused-ring (bicyclic) bond motifs is 1. The summed E-state index contributed by atoms with van der Waals surface area (Å²) in [5.74, 6) is 0.715. The summed E-state index contributed by atoms with van der Waals surface area (Å²) in [5.41, 5.74) is 0.698. The zero-order valence-corrected chi connectivity index (χ0v) is 15.5. The van der Waals surface area contributed by atoms with Crippen LogP contribution in [-0.4, -0.2) is 35.1 Å². The third-order valence-electron chi connectivity index (χ3n) is 6.46. The molecular weight excluding hydrogens is 344 g/mol. The molecular formula is C21H26N2O4. The summed E-state index contributed by atoms with van der Waals surface area (Å²) in [6, 6.07) is 5.89. The SMILES string of the molecule is O=C(Nc1ccc2c(c1)OC1(CCCC1)O2)C1CC(=O)N(C2CCCC2)C1. The molecule has 1 saturated heterocycles. The van der Waals surface area contributed by atoms with Crippen LogP contribution in [-0.2, 0) is 9.59 Å². The second-order valence-electron chi connectivity index (χ2n) is 8.36. The number of anilines is 1. The van der Waals surface area contributed by atoms with Gasteiger partial charge in [0.15, 0.2) is 11.5 Å². The van der Waals surface area contributed by atoms with E-state index in [4.69, 9.17) is 9.47 Å². The van der Waals surface area contributed by atoms with Crippen LogP contribution in [0, 0.1) is 5.92 Å². The van der Waals surface area contributed by atoms with Crippen LogP contribution in [0.15, 0.2) is 18.2 Å². The first-order chi connectivity index (χ1) is 13.1. The Kier molecular flexibility index (Phi) is 4.02. The summed E-state index contributed by atoms with van der Waals surface area (Å²) >= 11 is 0. The fourth-order valence-electron chi connectivity index (χ4n) is 5.01. The molecule has 2 amide bonds. The molecule has 0 bridgehead atoms. The molecule has 4 aliphatic rings. The molecule has 0 aromatic heterocycles. The molecule has 0 radical (unpaired) electrons. The maximum absolute atomic E-state index is 12.7. The van der Waals surface area contributed by atoms with E-state index in [1.165, 1.54) is 12.8 Å². The Morgan fingerprint density at radius 1 is 1.07 bits per heavy atom. The molecule has 6 heteroatoms.